The predicted octanol–water partition coefficient (Wildman–Crippen LogP) is 3.92. The Hall–Kier alpha value is -3.28. The molecule has 3 aliphatic rings. The van der Waals surface area contributed by atoms with E-state index in [9.17, 15) is 18.3 Å². The second kappa shape index (κ2) is 11.1. The largest absolute Gasteiger partial charge is 0.487 e. The Balaban J connectivity index is 1.41. The van der Waals surface area contributed by atoms with Gasteiger partial charge in [0.05, 0.1) is 13.2 Å². The van der Waals surface area contributed by atoms with E-state index in [0.717, 1.165) is 24.8 Å². The average molecular weight is 558 g/mol. The molecule has 0 saturated heterocycles. The molecule has 39 heavy (non-hydrogen) atoms. The quantitative estimate of drug-likeness (QED) is 0.553. The van der Waals surface area contributed by atoms with E-state index >= 15 is 0 Å². The molecule has 210 valence electrons. The number of anilines is 1. The lowest BCUT2D eigenvalue weighted by Crippen LogP contribution is -2.50. The summed E-state index contributed by atoms with van der Waals surface area (Å²) in [6.07, 6.45) is 4.66. The normalized spacial score (nSPS) is 22.6. The number of allylic oxidation sites excluding steroid dienone is 2. The van der Waals surface area contributed by atoms with E-state index in [1.807, 2.05) is 13.0 Å². The van der Waals surface area contributed by atoms with Crippen molar-refractivity contribution in [2.45, 2.75) is 50.2 Å². The summed E-state index contributed by atoms with van der Waals surface area (Å²) in [5.74, 6) is 1.17. The number of hydrogen-bond acceptors (Lipinski definition) is 7. The molecular weight excluding hydrogens is 522 g/mol. The summed E-state index contributed by atoms with van der Waals surface area (Å²) in [7, 11) is -2.26. The molecule has 2 aromatic carbocycles. The molecule has 0 aromatic heterocycles. The van der Waals surface area contributed by atoms with Gasteiger partial charge in [-0.1, -0.05) is 19.1 Å². The first kappa shape index (κ1) is 27.3. The number of aliphatic hydroxyl groups is 1. The van der Waals surface area contributed by atoms with Crippen LogP contribution in [0.4, 0.5) is 10.5 Å². The van der Waals surface area contributed by atoms with Crippen LogP contribution >= 0.6 is 0 Å². The van der Waals surface area contributed by atoms with Crippen molar-refractivity contribution in [1.82, 2.24) is 9.21 Å². The molecule has 11 heteroatoms. The summed E-state index contributed by atoms with van der Waals surface area (Å²) in [6.45, 7) is 3.77. The molecule has 2 amide bonds. The maximum Gasteiger partial charge on any atom is 0.321 e. The third kappa shape index (κ3) is 5.57. The van der Waals surface area contributed by atoms with Crippen molar-refractivity contribution in [3.63, 3.8) is 0 Å². The maximum absolute atomic E-state index is 13.7. The van der Waals surface area contributed by atoms with Crippen LogP contribution in [0.5, 0.6) is 17.2 Å². The third-order valence-electron chi connectivity index (χ3n) is 7.50. The van der Waals surface area contributed by atoms with Crippen molar-refractivity contribution in [2.24, 2.45) is 5.92 Å². The van der Waals surface area contributed by atoms with E-state index in [2.05, 4.69) is 11.4 Å². The third-order valence-corrected chi connectivity index (χ3v) is 9.52. The first-order chi connectivity index (χ1) is 18.7. The number of fused-ring (bicyclic) bond motifs is 2. The lowest BCUT2D eigenvalue weighted by Gasteiger charge is -2.37. The van der Waals surface area contributed by atoms with Crippen molar-refractivity contribution in [3.05, 3.63) is 48.0 Å². The van der Waals surface area contributed by atoms with Crippen LogP contribution in [0.3, 0.4) is 0 Å². The summed E-state index contributed by atoms with van der Waals surface area (Å²) in [5, 5.41) is 12.7. The van der Waals surface area contributed by atoms with Gasteiger partial charge < -0.3 is 29.5 Å². The molecule has 10 nitrogen and oxygen atoms in total. The number of sulfonamides is 1. The number of carbonyl (C=O) groups excluding carboxylic acids is 1. The molecule has 0 spiro atoms. The van der Waals surface area contributed by atoms with E-state index < -0.39 is 22.2 Å². The average Bonchev–Trinajstić information content (AvgIpc) is 3.62. The topological polar surface area (TPSA) is 118 Å². The molecule has 0 saturated carbocycles. The number of hydrogen-bond donors (Lipinski definition) is 2. The van der Waals surface area contributed by atoms with Gasteiger partial charge in [-0.2, -0.15) is 4.31 Å². The highest BCUT2D eigenvalue weighted by Crippen LogP contribution is 2.38. The van der Waals surface area contributed by atoms with Gasteiger partial charge in [0.2, 0.25) is 16.8 Å². The van der Waals surface area contributed by atoms with Crippen molar-refractivity contribution in [3.8, 4) is 17.2 Å². The Kier molecular flexibility index (Phi) is 7.75. The fourth-order valence-electron chi connectivity index (χ4n) is 5.12. The molecule has 2 aliphatic heterocycles. The van der Waals surface area contributed by atoms with Crippen LogP contribution in [0, 0.1) is 5.92 Å². The predicted molar refractivity (Wildman–Crippen MR) is 147 cm³/mol. The number of benzene rings is 2. The number of carbonyl (C=O) groups is 1. The van der Waals surface area contributed by atoms with Gasteiger partial charge in [0.15, 0.2) is 11.5 Å². The minimum Gasteiger partial charge on any atom is -0.487 e. The SMILES string of the molecule is C[C@@H]1CN([C@@H](C)CO)S(=O)(=O)c2ccc(C3=CCCC3)cc2O[C@@H]1CN(C)C(=O)Nc1ccc2c(c1)OCO2. The highest BCUT2D eigenvalue weighted by Gasteiger charge is 2.38. The van der Waals surface area contributed by atoms with E-state index in [0.29, 0.717) is 17.2 Å². The summed E-state index contributed by atoms with van der Waals surface area (Å²) in [6, 6.07) is 9.44. The Morgan fingerprint density at radius 2 is 1.97 bits per heavy atom. The summed E-state index contributed by atoms with van der Waals surface area (Å²) >= 11 is 0. The zero-order chi connectivity index (χ0) is 27.7. The Bertz CT molecular complexity index is 1380. The number of aliphatic hydroxyl groups excluding tert-OH is 1. The van der Waals surface area contributed by atoms with Crippen LogP contribution in [0.25, 0.3) is 5.57 Å². The smallest absolute Gasteiger partial charge is 0.321 e. The summed E-state index contributed by atoms with van der Waals surface area (Å²) in [5.41, 5.74) is 2.67. The Morgan fingerprint density at radius 1 is 1.18 bits per heavy atom. The fourth-order valence-corrected chi connectivity index (χ4v) is 6.95. The Morgan fingerprint density at radius 3 is 2.72 bits per heavy atom. The lowest BCUT2D eigenvalue weighted by atomic mass is 10.0. The molecule has 0 fully saturated rings. The van der Waals surface area contributed by atoms with Gasteiger partial charge in [-0.05, 0) is 61.6 Å². The second-order valence-corrected chi connectivity index (χ2v) is 12.3. The van der Waals surface area contributed by atoms with Crippen LogP contribution in [-0.2, 0) is 10.0 Å². The molecule has 2 aromatic rings. The van der Waals surface area contributed by atoms with Crippen LogP contribution in [0.15, 0.2) is 47.4 Å². The van der Waals surface area contributed by atoms with Crippen molar-refractivity contribution in [2.75, 3.05) is 38.9 Å². The number of urea groups is 1. The van der Waals surface area contributed by atoms with Crippen LogP contribution in [-0.4, -0.2) is 74.4 Å². The monoisotopic (exact) mass is 557 g/mol. The summed E-state index contributed by atoms with van der Waals surface area (Å²) < 4.78 is 45.9. The van der Waals surface area contributed by atoms with Crippen LogP contribution < -0.4 is 19.5 Å². The van der Waals surface area contributed by atoms with Crippen molar-refractivity contribution >= 4 is 27.3 Å². The number of nitrogens with one attached hydrogen (secondary N) is 1. The summed E-state index contributed by atoms with van der Waals surface area (Å²) in [4.78, 5) is 14.7. The first-order valence-corrected chi connectivity index (χ1v) is 14.7. The Labute approximate surface area is 229 Å². The van der Waals surface area contributed by atoms with Gasteiger partial charge in [0, 0.05) is 37.3 Å². The minimum atomic E-state index is -3.93. The van der Waals surface area contributed by atoms with E-state index in [4.69, 9.17) is 14.2 Å². The number of amides is 2. The van der Waals surface area contributed by atoms with E-state index in [1.54, 1.807) is 44.3 Å². The molecule has 0 bridgehead atoms. The molecular formula is C28H35N3O7S. The van der Waals surface area contributed by atoms with Gasteiger partial charge in [-0.15, -0.1) is 0 Å². The van der Waals surface area contributed by atoms with Gasteiger partial charge in [0.25, 0.3) is 0 Å². The van der Waals surface area contributed by atoms with Gasteiger partial charge in [-0.3, -0.25) is 0 Å². The van der Waals surface area contributed by atoms with Crippen LogP contribution in [0.2, 0.25) is 0 Å². The van der Waals surface area contributed by atoms with E-state index in [-0.39, 0.29) is 49.1 Å². The molecule has 1 aliphatic carbocycles. The molecule has 0 radical (unpaired) electrons. The number of ether oxygens (including phenoxy) is 3. The standard InChI is InChI=1S/C28H35N3O7S/c1-18-14-31(19(2)16-32)39(34,35)27-11-8-21(20-6-4-5-7-20)12-25(27)38-26(18)15-30(3)28(33)29-22-9-10-23-24(13-22)37-17-36-23/h6,8-13,18-19,26,32H,4-5,7,14-17H2,1-3H3,(H,29,33)/t18-,19+,26-/m1/s1. The minimum absolute atomic E-state index is 0.0644. The van der Waals surface area contributed by atoms with Crippen LogP contribution in [0.1, 0.15) is 38.7 Å². The van der Waals surface area contributed by atoms with Gasteiger partial charge in [-0.25, -0.2) is 13.2 Å². The van der Waals surface area contributed by atoms with Gasteiger partial charge in [0.1, 0.15) is 16.7 Å². The molecule has 5 rings (SSSR count). The molecule has 2 heterocycles. The molecule has 3 atom stereocenters. The molecule has 2 N–H and O–H groups in total. The zero-order valence-corrected chi connectivity index (χ0v) is 23.2. The number of likely N-dealkylation sites (N-methyl/N-ethyl adjacent to an activating group) is 1. The molecule has 0 unspecified atom stereocenters. The highest BCUT2D eigenvalue weighted by atomic mass is 32.2. The van der Waals surface area contributed by atoms with Gasteiger partial charge >= 0.3 is 6.03 Å². The number of nitrogens with zero attached hydrogens (tertiary/aromatic N) is 2. The second-order valence-electron chi connectivity index (χ2n) is 10.4. The van der Waals surface area contributed by atoms with Crippen molar-refractivity contribution < 1.29 is 32.5 Å². The fraction of sp³-hybridized carbons (Fsp3) is 0.464. The highest BCUT2D eigenvalue weighted by molar-refractivity contribution is 7.89. The first-order valence-electron chi connectivity index (χ1n) is 13.2. The van der Waals surface area contributed by atoms with Crippen molar-refractivity contribution in [1.29, 1.82) is 0 Å². The number of rotatable bonds is 6. The maximum atomic E-state index is 13.7. The lowest BCUT2D eigenvalue weighted by molar-refractivity contribution is 0.0830. The zero-order valence-electron chi connectivity index (χ0n) is 22.4. The van der Waals surface area contributed by atoms with E-state index in [1.165, 1.54) is 14.8 Å².